The molecule has 0 radical (unpaired) electrons. The second-order valence-electron chi connectivity index (χ2n) is 5.40. The molecule has 7 heteroatoms. The number of esters is 1. The molecular formula is C18H22N4O3. The second kappa shape index (κ2) is 8.68. The number of carbonyl (C=O) groups excluding carboxylic acids is 2. The molecule has 0 fully saturated rings. The number of aromatic nitrogens is 1. The predicted octanol–water partition coefficient (Wildman–Crippen LogP) is 2.37. The van der Waals surface area contributed by atoms with Gasteiger partial charge in [-0.1, -0.05) is 18.2 Å². The highest BCUT2D eigenvalue weighted by molar-refractivity contribution is 5.96. The van der Waals surface area contributed by atoms with E-state index in [2.05, 4.69) is 20.8 Å². The van der Waals surface area contributed by atoms with Crippen LogP contribution in [-0.2, 0) is 9.53 Å². The first-order valence-electron chi connectivity index (χ1n) is 8.00. The molecule has 3 N–H and O–H groups in total. The van der Waals surface area contributed by atoms with E-state index in [-0.39, 0.29) is 18.4 Å². The third kappa shape index (κ3) is 4.94. The molecule has 1 amide bonds. The minimum absolute atomic E-state index is 0.109. The van der Waals surface area contributed by atoms with Crippen molar-refractivity contribution in [3.05, 3.63) is 52.8 Å². The Labute approximate surface area is 146 Å². The van der Waals surface area contributed by atoms with Crippen LogP contribution in [0.15, 0.2) is 35.4 Å². The molecule has 0 saturated heterocycles. The van der Waals surface area contributed by atoms with Crippen molar-refractivity contribution in [2.75, 3.05) is 18.5 Å². The molecule has 0 aliphatic carbocycles. The number of carbonyl (C=O) groups is 2. The number of amides is 1. The summed E-state index contributed by atoms with van der Waals surface area (Å²) in [5.74, 6) is -0.642. The number of ether oxygens (including phenoxy) is 1. The van der Waals surface area contributed by atoms with E-state index in [9.17, 15) is 9.59 Å². The van der Waals surface area contributed by atoms with Gasteiger partial charge in [0.15, 0.2) is 0 Å². The van der Waals surface area contributed by atoms with Crippen LogP contribution in [0.5, 0.6) is 0 Å². The van der Waals surface area contributed by atoms with Crippen LogP contribution in [0, 0.1) is 13.8 Å². The van der Waals surface area contributed by atoms with Crippen molar-refractivity contribution in [2.45, 2.75) is 20.8 Å². The Morgan fingerprint density at radius 3 is 2.64 bits per heavy atom. The summed E-state index contributed by atoms with van der Waals surface area (Å²) in [4.78, 5) is 26.8. The van der Waals surface area contributed by atoms with E-state index >= 15 is 0 Å². The summed E-state index contributed by atoms with van der Waals surface area (Å²) in [6.07, 6.45) is 1.48. The Kier molecular flexibility index (Phi) is 6.33. The minimum Gasteiger partial charge on any atom is -0.462 e. The third-order valence-corrected chi connectivity index (χ3v) is 3.57. The van der Waals surface area contributed by atoms with Crippen molar-refractivity contribution in [3.8, 4) is 0 Å². The first-order chi connectivity index (χ1) is 12.0. The minimum atomic E-state index is -0.371. The summed E-state index contributed by atoms with van der Waals surface area (Å²) in [5.41, 5.74) is 5.89. The number of anilines is 1. The zero-order valence-electron chi connectivity index (χ0n) is 14.6. The maximum atomic E-state index is 11.9. The summed E-state index contributed by atoms with van der Waals surface area (Å²) in [6.45, 7) is 5.78. The van der Waals surface area contributed by atoms with E-state index in [0.29, 0.717) is 23.6 Å². The Balaban J connectivity index is 1.92. The number of para-hydroxylation sites is 1. The van der Waals surface area contributed by atoms with E-state index in [1.54, 1.807) is 20.8 Å². The molecule has 0 spiro atoms. The first-order valence-corrected chi connectivity index (χ1v) is 8.00. The number of hydrogen-bond donors (Lipinski definition) is 3. The molecule has 132 valence electrons. The number of nitrogens with zero attached hydrogens (tertiary/aromatic N) is 1. The van der Waals surface area contributed by atoms with Gasteiger partial charge >= 0.3 is 5.97 Å². The smallest absolute Gasteiger partial charge is 0.340 e. The van der Waals surface area contributed by atoms with Gasteiger partial charge in [-0.2, -0.15) is 5.10 Å². The van der Waals surface area contributed by atoms with Gasteiger partial charge in [0, 0.05) is 11.4 Å². The second-order valence-corrected chi connectivity index (χ2v) is 5.40. The zero-order chi connectivity index (χ0) is 18.2. The molecule has 0 saturated carbocycles. The quantitative estimate of drug-likeness (QED) is 0.409. The molecule has 0 unspecified atom stereocenters. The Bertz CT molecular complexity index is 766. The lowest BCUT2D eigenvalue weighted by molar-refractivity contribution is -0.119. The lowest BCUT2D eigenvalue weighted by Gasteiger charge is -2.04. The van der Waals surface area contributed by atoms with Crippen molar-refractivity contribution in [2.24, 2.45) is 5.10 Å². The summed E-state index contributed by atoms with van der Waals surface area (Å²) in [6, 6.07) is 9.42. The monoisotopic (exact) mass is 342 g/mol. The van der Waals surface area contributed by atoms with Crippen LogP contribution < -0.4 is 10.7 Å². The highest BCUT2D eigenvalue weighted by atomic mass is 16.5. The van der Waals surface area contributed by atoms with Gasteiger partial charge in [0.25, 0.3) is 5.91 Å². The van der Waals surface area contributed by atoms with Crippen LogP contribution in [0.1, 0.15) is 34.2 Å². The molecular weight excluding hydrogens is 320 g/mol. The van der Waals surface area contributed by atoms with Crippen molar-refractivity contribution in [1.29, 1.82) is 0 Å². The molecule has 25 heavy (non-hydrogen) atoms. The Morgan fingerprint density at radius 1 is 1.24 bits per heavy atom. The fourth-order valence-corrected chi connectivity index (χ4v) is 2.36. The van der Waals surface area contributed by atoms with Gasteiger partial charge in [0.2, 0.25) is 0 Å². The number of rotatable bonds is 7. The van der Waals surface area contributed by atoms with Crippen LogP contribution in [0.2, 0.25) is 0 Å². The summed E-state index contributed by atoms with van der Waals surface area (Å²) < 4.78 is 5.04. The standard InChI is InChI=1S/C18H22N4O3/c1-4-25-18(24)17-12(2)15(21-13(17)3)10-20-22-16(23)11-19-14-8-6-5-7-9-14/h5-10,19,21H,4,11H2,1-3H3,(H,22,23)/b20-10+. The van der Waals surface area contributed by atoms with Crippen LogP contribution in [-0.4, -0.2) is 36.2 Å². The summed E-state index contributed by atoms with van der Waals surface area (Å²) in [7, 11) is 0. The molecule has 1 aromatic heterocycles. The van der Waals surface area contributed by atoms with Gasteiger partial charge in [-0.15, -0.1) is 0 Å². The summed E-state index contributed by atoms with van der Waals surface area (Å²) in [5, 5.41) is 6.92. The molecule has 1 heterocycles. The van der Waals surface area contributed by atoms with Gasteiger partial charge in [-0.05, 0) is 38.5 Å². The molecule has 2 aromatic rings. The van der Waals surface area contributed by atoms with Gasteiger partial charge < -0.3 is 15.0 Å². The van der Waals surface area contributed by atoms with Gasteiger partial charge in [0.05, 0.1) is 30.6 Å². The summed E-state index contributed by atoms with van der Waals surface area (Å²) >= 11 is 0. The largest absolute Gasteiger partial charge is 0.462 e. The van der Waals surface area contributed by atoms with Gasteiger partial charge in [0.1, 0.15) is 0 Å². The lowest BCUT2D eigenvalue weighted by atomic mass is 10.1. The van der Waals surface area contributed by atoms with Crippen molar-refractivity contribution >= 4 is 23.8 Å². The fraction of sp³-hybridized carbons (Fsp3) is 0.278. The molecule has 0 bridgehead atoms. The van der Waals surface area contributed by atoms with Gasteiger partial charge in [-0.25, -0.2) is 10.2 Å². The Morgan fingerprint density at radius 2 is 1.96 bits per heavy atom. The highest BCUT2D eigenvalue weighted by Crippen LogP contribution is 2.17. The number of nitrogens with one attached hydrogen (secondary N) is 3. The lowest BCUT2D eigenvalue weighted by Crippen LogP contribution is -2.25. The molecule has 0 aliphatic heterocycles. The Hall–Kier alpha value is -3.09. The SMILES string of the molecule is CCOC(=O)c1c(C)[nH]c(/C=N/NC(=O)CNc2ccccc2)c1C. The molecule has 1 aromatic carbocycles. The van der Waals surface area contributed by atoms with E-state index in [0.717, 1.165) is 11.3 Å². The fourth-order valence-electron chi connectivity index (χ4n) is 2.36. The molecule has 0 atom stereocenters. The predicted molar refractivity (Wildman–Crippen MR) is 96.9 cm³/mol. The normalized spacial score (nSPS) is 10.7. The van der Waals surface area contributed by atoms with Crippen LogP contribution in [0.4, 0.5) is 5.69 Å². The molecule has 2 rings (SSSR count). The zero-order valence-corrected chi connectivity index (χ0v) is 14.6. The van der Waals surface area contributed by atoms with Crippen LogP contribution in [0.3, 0.4) is 0 Å². The average Bonchev–Trinajstić information content (AvgIpc) is 2.88. The maximum Gasteiger partial charge on any atom is 0.340 e. The number of hydrogen-bond acceptors (Lipinski definition) is 5. The van der Waals surface area contributed by atoms with Crippen molar-refractivity contribution < 1.29 is 14.3 Å². The van der Waals surface area contributed by atoms with Crippen molar-refractivity contribution in [1.82, 2.24) is 10.4 Å². The number of H-pyrrole nitrogens is 1. The van der Waals surface area contributed by atoms with Crippen LogP contribution in [0.25, 0.3) is 0 Å². The van der Waals surface area contributed by atoms with E-state index < -0.39 is 0 Å². The van der Waals surface area contributed by atoms with E-state index in [1.165, 1.54) is 6.21 Å². The maximum absolute atomic E-state index is 11.9. The van der Waals surface area contributed by atoms with E-state index in [1.807, 2.05) is 30.3 Å². The first kappa shape index (κ1) is 18.3. The number of aryl methyl sites for hydroxylation is 1. The average molecular weight is 342 g/mol. The number of aromatic amines is 1. The van der Waals surface area contributed by atoms with Crippen molar-refractivity contribution in [3.63, 3.8) is 0 Å². The number of hydrazone groups is 1. The van der Waals surface area contributed by atoms with Gasteiger partial charge in [-0.3, -0.25) is 4.79 Å². The molecule has 0 aliphatic rings. The third-order valence-electron chi connectivity index (χ3n) is 3.57. The van der Waals surface area contributed by atoms with Crippen LogP contribution >= 0.6 is 0 Å². The molecule has 7 nitrogen and oxygen atoms in total. The van der Waals surface area contributed by atoms with E-state index in [4.69, 9.17) is 4.74 Å². The number of benzene rings is 1. The topological polar surface area (TPSA) is 95.6 Å². The highest BCUT2D eigenvalue weighted by Gasteiger charge is 2.18.